The zero-order valence-corrected chi connectivity index (χ0v) is 16.8. The number of anilines is 1. The largest absolute Gasteiger partial charge is 0.465 e. The molecule has 8 nitrogen and oxygen atoms in total. The summed E-state index contributed by atoms with van der Waals surface area (Å²) in [5.41, 5.74) is 2.96. The first-order valence-electron chi connectivity index (χ1n) is 10.0. The van der Waals surface area contributed by atoms with Gasteiger partial charge in [0, 0.05) is 41.5 Å². The number of pyridine rings is 1. The molecule has 0 radical (unpaired) electrons. The summed E-state index contributed by atoms with van der Waals surface area (Å²) in [5.74, 6) is 0.0589. The van der Waals surface area contributed by atoms with Crippen molar-refractivity contribution < 1.29 is 14.7 Å². The number of hydrogen-bond acceptors (Lipinski definition) is 4. The molecule has 2 atom stereocenters. The van der Waals surface area contributed by atoms with Crippen molar-refractivity contribution in [2.24, 2.45) is 5.92 Å². The van der Waals surface area contributed by atoms with Crippen LogP contribution in [0, 0.1) is 5.92 Å². The fourth-order valence-electron chi connectivity index (χ4n) is 4.32. The number of carboxylic acid groups (broad SMARTS) is 1. The van der Waals surface area contributed by atoms with Crippen LogP contribution in [0.1, 0.15) is 44.2 Å². The van der Waals surface area contributed by atoms with Crippen LogP contribution in [0.5, 0.6) is 0 Å². The molecule has 2 aromatic rings. The van der Waals surface area contributed by atoms with E-state index in [2.05, 4.69) is 20.7 Å². The highest BCUT2D eigenvalue weighted by molar-refractivity contribution is 6.33. The van der Waals surface area contributed by atoms with Crippen LogP contribution in [-0.4, -0.2) is 37.9 Å². The molecule has 0 unspecified atom stereocenters. The molecule has 9 heteroatoms. The number of fused-ring (bicyclic) bond motifs is 1. The number of carbonyl (C=O) groups excluding carboxylic acids is 1. The predicted octanol–water partition coefficient (Wildman–Crippen LogP) is 3.70. The van der Waals surface area contributed by atoms with Crippen molar-refractivity contribution in [2.75, 3.05) is 5.32 Å². The normalized spacial score (nSPS) is 21.3. The van der Waals surface area contributed by atoms with Crippen LogP contribution in [0.15, 0.2) is 18.5 Å². The van der Waals surface area contributed by atoms with Crippen LogP contribution in [0.3, 0.4) is 0 Å². The molecule has 0 spiro atoms. The Hall–Kier alpha value is -2.61. The third kappa shape index (κ3) is 4.37. The van der Waals surface area contributed by atoms with Gasteiger partial charge in [-0.2, -0.15) is 5.10 Å². The number of halogens is 1. The quantitative estimate of drug-likeness (QED) is 0.702. The molecule has 2 aliphatic rings. The average molecular weight is 418 g/mol. The molecule has 1 fully saturated rings. The van der Waals surface area contributed by atoms with Crippen LogP contribution in [0.4, 0.5) is 10.6 Å². The van der Waals surface area contributed by atoms with E-state index in [9.17, 15) is 9.59 Å². The number of nitrogens with one attached hydrogen (secondary N) is 2. The maximum atomic E-state index is 12.7. The number of hydrogen-bond donors (Lipinski definition) is 3. The van der Waals surface area contributed by atoms with Crippen LogP contribution >= 0.6 is 11.6 Å². The first-order chi connectivity index (χ1) is 14.0. The Morgan fingerprint density at radius 2 is 2.03 bits per heavy atom. The Bertz CT molecular complexity index is 929. The van der Waals surface area contributed by atoms with Crippen molar-refractivity contribution in [1.29, 1.82) is 0 Å². The highest BCUT2D eigenvalue weighted by Gasteiger charge is 2.28. The SMILES string of the molecule is O=C(O)N[C@@H]1CCC[C@H](C(=O)Nc2cc(-c3cnn4c3CCCC4)c(Cl)cn2)C1. The summed E-state index contributed by atoms with van der Waals surface area (Å²) in [5, 5.41) is 19.3. The molecule has 4 rings (SSSR count). The van der Waals surface area contributed by atoms with Gasteiger partial charge in [-0.3, -0.25) is 9.48 Å². The fraction of sp³-hybridized carbons (Fsp3) is 0.500. The lowest BCUT2D eigenvalue weighted by Crippen LogP contribution is -2.40. The van der Waals surface area contributed by atoms with Gasteiger partial charge in [0.25, 0.3) is 0 Å². The predicted molar refractivity (Wildman–Crippen MR) is 109 cm³/mol. The second-order valence-corrected chi connectivity index (χ2v) is 8.14. The number of carbonyl (C=O) groups is 2. The van der Waals surface area contributed by atoms with Gasteiger partial charge < -0.3 is 15.7 Å². The van der Waals surface area contributed by atoms with E-state index in [1.165, 1.54) is 0 Å². The van der Waals surface area contributed by atoms with E-state index < -0.39 is 6.09 Å². The molecule has 1 saturated carbocycles. The van der Waals surface area contributed by atoms with Gasteiger partial charge in [0.05, 0.1) is 11.2 Å². The molecule has 154 valence electrons. The van der Waals surface area contributed by atoms with Gasteiger partial charge in [0.1, 0.15) is 5.82 Å². The Kier molecular flexibility index (Phi) is 5.71. The smallest absolute Gasteiger partial charge is 0.404 e. The molecule has 2 amide bonds. The first-order valence-corrected chi connectivity index (χ1v) is 10.4. The van der Waals surface area contributed by atoms with Crippen LogP contribution in [-0.2, 0) is 17.8 Å². The lowest BCUT2D eigenvalue weighted by Gasteiger charge is -2.28. The topological polar surface area (TPSA) is 109 Å². The van der Waals surface area contributed by atoms with Gasteiger partial charge in [-0.05, 0) is 44.6 Å². The number of rotatable bonds is 4. The highest BCUT2D eigenvalue weighted by Crippen LogP contribution is 2.34. The van der Waals surface area contributed by atoms with Crippen LogP contribution in [0.25, 0.3) is 11.1 Å². The minimum Gasteiger partial charge on any atom is -0.465 e. The first kappa shape index (κ1) is 19.7. The summed E-state index contributed by atoms with van der Waals surface area (Å²) in [6.45, 7) is 0.912. The number of aromatic nitrogens is 3. The Morgan fingerprint density at radius 3 is 2.86 bits per heavy atom. The van der Waals surface area contributed by atoms with Crippen molar-refractivity contribution in [3.63, 3.8) is 0 Å². The summed E-state index contributed by atoms with van der Waals surface area (Å²) in [7, 11) is 0. The van der Waals surface area contributed by atoms with E-state index in [-0.39, 0.29) is 17.9 Å². The molecule has 0 bridgehead atoms. The van der Waals surface area contributed by atoms with E-state index in [1.807, 2.05) is 10.9 Å². The van der Waals surface area contributed by atoms with E-state index >= 15 is 0 Å². The van der Waals surface area contributed by atoms with E-state index in [4.69, 9.17) is 16.7 Å². The zero-order valence-electron chi connectivity index (χ0n) is 16.0. The molecule has 0 aromatic carbocycles. The van der Waals surface area contributed by atoms with Gasteiger partial charge in [0.15, 0.2) is 0 Å². The van der Waals surface area contributed by atoms with Gasteiger partial charge in [-0.25, -0.2) is 9.78 Å². The van der Waals surface area contributed by atoms with Gasteiger partial charge in [-0.15, -0.1) is 0 Å². The van der Waals surface area contributed by atoms with Crippen LogP contribution in [0.2, 0.25) is 5.02 Å². The third-order valence-electron chi connectivity index (χ3n) is 5.75. The average Bonchev–Trinajstić information content (AvgIpc) is 3.13. The summed E-state index contributed by atoms with van der Waals surface area (Å²) in [6.07, 6.45) is 8.33. The van der Waals surface area contributed by atoms with Crippen molar-refractivity contribution in [3.8, 4) is 11.1 Å². The summed E-state index contributed by atoms with van der Waals surface area (Å²) >= 11 is 6.41. The lowest BCUT2D eigenvalue weighted by atomic mass is 9.85. The van der Waals surface area contributed by atoms with Gasteiger partial charge >= 0.3 is 6.09 Å². The van der Waals surface area contributed by atoms with Gasteiger partial charge in [-0.1, -0.05) is 18.0 Å². The summed E-state index contributed by atoms with van der Waals surface area (Å²) < 4.78 is 2.02. The number of nitrogens with zero attached hydrogens (tertiary/aromatic N) is 3. The molecular weight excluding hydrogens is 394 g/mol. The summed E-state index contributed by atoms with van der Waals surface area (Å²) in [6, 6.07) is 1.60. The number of aryl methyl sites for hydroxylation is 1. The Morgan fingerprint density at radius 1 is 1.17 bits per heavy atom. The van der Waals surface area contributed by atoms with Crippen molar-refractivity contribution >= 4 is 29.4 Å². The molecule has 1 aliphatic heterocycles. The maximum Gasteiger partial charge on any atom is 0.404 e. The number of amides is 2. The Balaban J connectivity index is 1.50. The van der Waals surface area contributed by atoms with Crippen molar-refractivity contribution in [3.05, 3.63) is 29.2 Å². The monoisotopic (exact) mass is 417 g/mol. The minimum absolute atomic E-state index is 0.139. The zero-order chi connectivity index (χ0) is 20.4. The molecule has 29 heavy (non-hydrogen) atoms. The van der Waals surface area contributed by atoms with Crippen molar-refractivity contribution in [1.82, 2.24) is 20.1 Å². The van der Waals surface area contributed by atoms with Gasteiger partial charge in [0.2, 0.25) is 5.91 Å². The van der Waals surface area contributed by atoms with Crippen LogP contribution < -0.4 is 10.6 Å². The molecule has 3 heterocycles. The fourth-order valence-corrected chi connectivity index (χ4v) is 4.53. The van der Waals surface area contributed by atoms with E-state index in [0.717, 1.165) is 61.9 Å². The molecule has 3 N–H and O–H groups in total. The minimum atomic E-state index is -1.05. The second-order valence-electron chi connectivity index (χ2n) is 7.73. The summed E-state index contributed by atoms with van der Waals surface area (Å²) in [4.78, 5) is 27.9. The standard InChI is InChI=1S/C20H24ClN5O3/c21-16-11-22-18(9-14(16)15-10-23-26-7-2-1-6-17(15)26)25-19(27)12-4-3-5-13(8-12)24-20(28)29/h9-13,24H,1-8H2,(H,28,29)(H,22,25,27)/t12-,13+/m0/s1. The highest BCUT2D eigenvalue weighted by atomic mass is 35.5. The molecule has 2 aromatic heterocycles. The third-order valence-corrected chi connectivity index (χ3v) is 6.05. The molecular formula is C20H24ClN5O3. The second kappa shape index (κ2) is 8.41. The molecule has 1 aliphatic carbocycles. The van der Waals surface area contributed by atoms with E-state index in [1.54, 1.807) is 12.3 Å². The van der Waals surface area contributed by atoms with E-state index in [0.29, 0.717) is 17.3 Å². The molecule has 0 saturated heterocycles. The maximum absolute atomic E-state index is 12.7. The Labute approximate surface area is 173 Å². The van der Waals surface area contributed by atoms with Crippen molar-refractivity contribution in [2.45, 2.75) is 57.5 Å². The lowest BCUT2D eigenvalue weighted by molar-refractivity contribution is -0.121.